The van der Waals surface area contributed by atoms with Gasteiger partial charge in [0, 0.05) is 5.69 Å². The summed E-state index contributed by atoms with van der Waals surface area (Å²) in [4.78, 5) is 4.36. The van der Waals surface area contributed by atoms with Gasteiger partial charge in [-0.05, 0) is 35.7 Å². The van der Waals surface area contributed by atoms with Crippen molar-refractivity contribution in [1.82, 2.24) is 9.55 Å². The van der Waals surface area contributed by atoms with E-state index in [9.17, 15) is 0 Å². The molecule has 1 aromatic heterocycles. The number of nitrogens with zero attached hydrogens (tertiary/aromatic N) is 2. The molecule has 1 heterocycles. The van der Waals surface area contributed by atoms with E-state index >= 15 is 0 Å². The van der Waals surface area contributed by atoms with Crippen LogP contribution in [0, 0.1) is 0 Å². The van der Waals surface area contributed by atoms with Crippen LogP contribution in [-0.4, -0.2) is 9.55 Å². The van der Waals surface area contributed by atoms with E-state index in [0.29, 0.717) is 16.9 Å². The number of nitrogens with two attached hydrogens (primary N) is 1. The van der Waals surface area contributed by atoms with Crippen molar-refractivity contribution < 1.29 is 0 Å². The van der Waals surface area contributed by atoms with Gasteiger partial charge in [-0.1, -0.05) is 43.6 Å². The molecule has 0 aliphatic carbocycles. The molecule has 4 heteroatoms. The van der Waals surface area contributed by atoms with E-state index in [0.717, 1.165) is 16.7 Å². The zero-order valence-corrected chi connectivity index (χ0v) is 12.2. The van der Waals surface area contributed by atoms with Crippen molar-refractivity contribution in [2.24, 2.45) is 0 Å². The third-order valence-corrected chi connectivity index (χ3v) is 3.78. The van der Waals surface area contributed by atoms with E-state index in [1.807, 2.05) is 22.8 Å². The summed E-state index contributed by atoms with van der Waals surface area (Å²) in [6, 6.07) is 14.1. The minimum absolute atomic E-state index is 0.449. The van der Waals surface area contributed by atoms with Crippen molar-refractivity contribution in [3.05, 3.63) is 53.1 Å². The fraction of sp³-hybridized carbons (Fsp3) is 0.188. The van der Waals surface area contributed by atoms with Gasteiger partial charge in [-0.15, -0.1) is 0 Å². The first-order valence-electron chi connectivity index (χ1n) is 6.60. The lowest BCUT2D eigenvalue weighted by atomic mass is 10.0. The smallest absolute Gasteiger partial charge is 0.205 e. The number of aromatic nitrogens is 2. The number of fused-ring (bicyclic) bond motifs is 1. The van der Waals surface area contributed by atoms with E-state index in [-0.39, 0.29) is 0 Å². The van der Waals surface area contributed by atoms with Gasteiger partial charge in [0.25, 0.3) is 0 Å². The van der Waals surface area contributed by atoms with Crippen LogP contribution < -0.4 is 5.73 Å². The van der Waals surface area contributed by atoms with Gasteiger partial charge in [0.1, 0.15) is 5.52 Å². The standard InChI is InChI=1S/C16H16ClN3/c1-10(2)11-6-8-12(9-7-11)20-14-5-3-4-13(17)15(14)19-16(20)18/h3-10H,1-2H3,(H2,18,19). The van der Waals surface area contributed by atoms with Crippen LogP contribution in [0.1, 0.15) is 25.3 Å². The highest BCUT2D eigenvalue weighted by atomic mass is 35.5. The SMILES string of the molecule is CC(C)c1ccc(-n2c(N)nc3c(Cl)cccc32)cc1. The van der Waals surface area contributed by atoms with Crippen molar-refractivity contribution in [3.63, 3.8) is 0 Å². The Morgan fingerprint density at radius 2 is 1.80 bits per heavy atom. The molecule has 0 radical (unpaired) electrons. The maximum atomic E-state index is 6.17. The Balaban J connectivity index is 2.19. The lowest BCUT2D eigenvalue weighted by Crippen LogP contribution is -2.00. The second-order valence-corrected chi connectivity index (χ2v) is 5.57. The Labute approximate surface area is 123 Å². The Kier molecular flexibility index (Phi) is 3.14. The molecule has 2 N–H and O–H groups in total. The Hall–Kier alpha value is -2.00. The quantitative estimate of drug-likeness (QED) is 0.759. The van der Waals surface area contributed by atoms with Gasteiger partial charge in [-0.3, -0.25) is 4.57 Å². The topological polar surface area (TPSA) is 43.8 Å². The summed E-state index contributed by atoms with van der Waals surface area (Å²) in [5.41, 5.74) is 10.0. The van der Waals surface area contributed by atoms with Crippen LogP contribution in [0.25, 0.3) is 16.7 Å². The van der Waals surface area contributed by atoms with Crippen LogP contribution in [-0.2, 0) is 0 Å². The first-order valence-corrected chi connectivity index (χ1v) is 6.98. The zero-order chi connectivity index (χ0) is 14.3. The molecule has 0 atom stereocenters. The van der Waals surface area contributed by atoms with Gasteiger partial charge in [-0.25, -0.2) is 4.98 Å². The molecule has 0 spiro atoms. The molecule has 0 saturated carbocycles. The Morgan fingerprint density at radius 3 is 2.45 bits per heavy atom. The molecule has 0 fully saturated rings. The first-order chi connectivity index (χ1) is 9.58. The normalized spacial score (nSPS) is 11.4. The Bertz CT molecular complexity index is 757. The predicted octanol–water partition coefficient (Wildman–Crippen LogP) is 4.38. The van der Waals surface area contributed by atoms with E-state index < -0.39 is 0 Å². The van der Waals surface area contributed by atoms with Gasteiger partial charge < -0.3 is 5.73 Å². The molecule has 102 valence electrons. The summed E-state index contributed by atoms with van der Waals surface area (Å²) in [5.74, 6) is 0.959. The molecule has 0 bridgehead atoms. The van der Waals surface area contributed by atoms with Crippen LogP contribution >= 0.6 is 11.6 Å². The van der Waals surface area contributed by atoms with Crippen LogP contribution in [0.15, 0.2) is 42.5 Å². The number of para-hydroxylation sites is 1. The fourth-order valence-corrected chi connectivity index (χ4v) is 2.57. The van der Waals surface area contributed by atoms with Crippen LogP contribution in [0.2, 0.25) is 5.02 Å². The largest absolute Gasteiger partial charge is 0.369 e. The molecular formula is C16H16ClN3. The number of nitrogen functional groups attached to an aromatic ring is 1. The Morgan fingerprint density at radius 1 is 1.10 bits per heavy atom. The molecule has 0 saturated heterocycles. The van der Waals surface area contributed by atoms with Gasteiger partial charge in [-0.2, -0.15) is 0 Å². The lowest BCUT2D eigenvalue weighted by molar-refractivity contribution is 0.865. The monoisotopic (exact) mass is 285 g/mol. The number of anilines is 1. The van der Waals surface area contributed by atoms with Gasteiger partial charge in [0.15, 0.2) is 0 Å². The maximum absolute atomic E-state index is 6.17. The van der Waals surface area contributed by atoms with E-state index in [1.54, 1.807) is 0 Å². The number of imidazole rings is 1. The summed E-state index contributed by atoms with van der Waals surface area (Å²) in [6.07, 6.45) is 0. The van der Waals surface area contributed by atoms with Crippen molar-refractivity contribution in [2.75, 3.05) is 5.73 Å². The fourth-order valence-electron chi connectivity index (χ4n) is 2.36. The first kappa shape index (κ1) is 13.0. The predicted molar refractivity (Wildman–Crippen MR) is 84.6 cm³/mol. The lowest BCUT2D eigenvalue weighted by Gasteiger charge is -2.09. The molecule has 3 rings (SSSR count). The highest BCUT2D eigenvalue weighted by Gasteiger charge is 2.12. The molecule has 3 aromatic rings. The van der Waals surface area contributed by atoms with E-state index in [2.05, 4.69) is 43.1 Å². The second-order valence-electron chi connectivity index (χ2n) is 5.16. The van der Waals surface area contributed by atoms with Crippen molar-refractivity contribution in [1.29, 1.82) is 0 Å². The maximum Gasteiger partial charge on any atom is 0.205 e. The average Bonchev–Trinajstić information content (AvgIpc) is 2.77. The van der Waals surface area contributed by atoms with Crippen LogP contribution in [0.5, 0.6) is 0 Å². The number of rotatable bonds is 2. The minimum atomic E-state index is 0.449. The highest BCUT2D eigenvalue weighted by molar-refractivity contribution is 6.35. The number of benzene rings is 2. The second kappa shape index (κ2) is 4.84. The average molecular weight is 286 g/mol. The molecule has 0 unspecified atom stereocenters. The van der Waals surface area contributed by atoms with Crippen molar-refractivity contribution in [3.8, 4) is 5.69 Å². The third-order valence-electron chi connectivity index (χ3n) is 3.48. The van der Waals surface area contributed by atoms with Crippen molar-refractivity contribution >= 4 is 28.6 Å². The van der Waals surface area contributed by atoms with Crippen LogP contribution in [0.4, 0.5) is 5.95 Å². The summed E-state index contributed by atoms with van der Waals surface area (Å²) in [5, 5.41) is 0.617. The van der Waals surface area contributed by atoms with Crippen LogP contribution in [0.3, 0.4) is 0 Å². The summed E-state index contributed by atoms with van der Waals surface area (Å²) < 4.78 is 1.92. The van der Waals surface area contributed by atoms with E-state index in [1.165, 1.54) is 5.56 Å². The number of hydrogen-bond acceptors (Lipinski definition) is 2. The van der Waals surface area contributed by atoms with Gasteiger partial charge in [0.05, 0.1) is 10.5 Å². The molecular weight excluding hydrogens is 270 g/mol. The summed E-state index contributed by atoms with van der Waals surface area (Å²) in [6.45, 7) is 4.35. The number of hydrogen-bond donors (Lipinski definition) is 1. The molecule has 0 amide bonds. The summed E-state index contributed by atoms with van der Waals surface area (Å²) in [7, 11) is 0. The number of halogens is 1. The molecule has 0 aliphatic rings. The zero-order valence-electron chi connectivity index (χ0n) is 11.5. The summed E-state index contributed by atoms with van der Waals surface area (Å²) >= 11 is 6.17. The van der Waals surface area contributed by atoms with E-state index in [4.69, 9.17) is 17.3 Å². The minimum Gasteiger partial charge on any atom is -0.369 e. The third kappa shape index (κ3) is 2.04. The molecule has 20 heavy (non-hydrogen) atoms. The van der Waals surface area contributed by atoms with Gasteiger partial charge >= 0.3 is 0 Å². The molecule has 2 aromatic carbocycles. The van der Waals surface area contributed by atoms with Crippen molar-refractivity contribution in [2.45, 2.75) is 19.8 Å². The molecule has 0 aliphatic heterocycles. The highest BCUT2D eigenvalue weighted by Crippen LogP contribution is 2.28. The van der Waals surface area contributed by atoms with Gasteiger partial charge in [0.2, 0.25) is 5.95 Å². The molecule has 3 nitrogen and oxygen atoms in total.